The van der Waals surface area contributed by atoms with Crippen molar-refractivity contribution in [3.8, 4) is 23.0 Å². The molecule has 5 atom stereocenters. The van der Waals surface area contributed by atoms with Crippen molar-refractivity contribution in [1.82, 2.24) is 0 Å². The van der Waals surface area contributed by atoms with Crippen LogP contribution in [-0.4, -0.2) is 50.2 Å². The van der Waals surface area contributed by atoms with Crippen molar-refractivity contribution >= 4 is 5.97 Å². The average molecular weight is 549 g/mol. The number of ether oxygens (including phenoxy) is 5. The van der Waals surface area contributed by atoms with Gasteiger partial charge in [-0.15, -0.1) is 0 Å². The van der Waals surface area contributed by atoms with Gasteiger partial charge in [0.15, 0.2) is 11.2 Å². The zero-order valence-electron chi connectivity index (χ0n) is 23.3. The molecule has 1 saturated carbocycles. The highest BCUT2D eigenvalue weighted by atomic mass is 16.6. The van der Waals surface area contributed by atoms with Gasteiger partial charge in [-0.1, -0.05) is 62.2 Å². The van der Waals surface area contributed by atoms with Crippen LogP contribution in [0.2, 0.25) is 0 Å². The van der Waals surface area contributed by atoms with Crippen molar-refractivity contribution in [3.63, 3.8) is 0 Å². The fraction of sp³-hybridized carbons (Fsp3) is 0.406. The standard InChI is InChI=1S/C32H36O8/c1-5-6-10-17-39-23-18-24(37-3)28-25(19-23)40-32(21-13-15-22(36-2)16-14-21)27(20-11-8-7-9-12-20)26(30(34)38-4)29(33)31(28,32)35/h7-9,11-16,18-19,26-27,29,33,35H,5-6,10,17H2,1-4H3/t26?,27-,29-,31+,32+/m0/s1. The number of aliphatic hydroxyl groups is 2. The highest BCUT2D eigenvalue weighted by Gasteiger charge is 2.78. The second-order valence-corrected chi connectivity index (χ2v) is 10.3. The van der Waals surface area contributed by atoms with E-state index in [0.717, 1.165) is 19.3 Å². The summed E-state index contributed by atoms with van der Waals surface area (Å²) in [7, 11) is 4.33. The average Bonchev–Trinajstić information content (AvgIpc) is 3.37. The van der Waals surface area contributed by atoms with Gasteiger partial charge in [0.1, 0.15) is 29.1 Å². The van der Waals surface area contributed by atoms with Gasteiger partial charge < -0.3 is 33.9 Å². The van der Waals surface area contributed by atoms with Crippen LogP contribution >= 0.6 is 0 Å². The van der Waals surface area contributed by atoms with Gasteiger partial charge in [-0.05, 0) is 29.7 Å². The smallest absolute Gasteiger partial charge is 0.312 e. The summed E-state index contributed by atoms with van der Waals surface area (Å²) in [5, 5.41) is 24.8. The van der Waals surface area contributed by atoms with E-state index < -0.39 is 35.1 Å². The lowest BCUT2D eigenvalue weighted by Gasteiger charge is -2.40. The lowest BCUT2D eigenvalue weighted by Crippen LogP contribution is -2.52. The van der Waals surface area contributed by atoms with Crippen molar-refractivity contribution in [2.45, 2.75) is 49.4 Å². The Morgan fingerprint density at radius 1 is 0.950 bits per heavy atom. The minimum atomic E-state index is -2.09. The third-order valence-electron chi connectivity index (χ3n) is 8.21. The van der Waals surface area contributed by atoms with Crippen LogP contribution in [0.4, 0.5) is 0 Å². The quantitative estimate of drug-likeness (QED) is 0.278. The molecule has 0 saturated heterocycles. The molecule has 0 radical (unpaired) electrons. The van der Waals surface area contributed by atoms with Crippen molar-refractivity contribution in [1.29, 1.82) is 0 Å². The van der Waals surface area contributed by atoms with Gasteiger partial charge in [0.25, 0.3) is 0 Å². The minimum absolute atomic E-state index is 0.256. The molecule has 0 aromatic heterocycles. The Labute approximate surface area is 234 Å². The van der Waals surface area contributed by atoms with Crippen molar-refractivity contribution in [2.75, 3.05) is 27.9 Å². The normalized spacial score (nSPS) is 26.4. The van der Waals surface area contributed by atoms with E-state index in [9.17, 15) is 15.0 Å². The number of aliphatic hydroxyl groups excluding tert-OH is 1. The second-order valence-electron chi connectivity index (χ2n) is 10.3. The molecule has 3 aromatic rings. The van der Waals surface area contributed by atoms with Gasteiger partial charge in [0.2, 0.25) is 0 Å². The molecule has 2 aliphatic rings. The zero-order valence-corrected chi connectivity index (χ0v) is 23.3. The number of benzene rings is 3. The van der Waals surface area contributed by atoms with E-state index in [-0.39, 0.29) is 11.3 Å². The molecule has 0 amide bonds. The third-order valence-corrected chi connectivity index (χ3v) is 8.21. The highest BCUT2D eigenvalue weighted by molar-refractivity contribution is 5.78. The Hall–Kier alpha value is -3.75. The van der Waals surface area contributed by atoms with Gasteiger partial charge in [-0.3, -0.25) is 4.79 Å². The number of rotatable bonds is 10. The van der Waals surface area contributed by atoms with Gasteiger partial charge in [0, 0.05) is 18.1 Å². The predicted molar refractivity (Wildman–Crippen MR) is 148 cm³/mol. The molecular weight excluding hydrogens is 512 g/mol. The molecule has 8 nitrogen and oxygen atoms in total. The molecule has 1 heterocycles. The van der Waals surface area contributed by atoms with Crippen LogP contribution < -0.4 is 18.9 Å². The number of hydrogen-bond acceptors (Lipinski definition) is 8. The Bertz CT molecular complexity index is 1340. The van der Waals surface area contributed by atoms with Gasteiger partial charge >= 0.3 is 5.97 Å². The summed E-state index contributed by atoms with van der Waals surface area (Å²) in [5.41, 5.74) is -2.21. The molecule has 212 valence electrons. The topological polar surface area (TPSA) is 104 Å². The van der Waals surface area contributed by atoms with Crippen LogP contribution in [0.1, 0.15) is 48.8 Å². The van der Waals surface area contributed by atoms with Crippen molar-refractivity contribution < 1.29 is 38.7 Å². The highest BCUT2D eigenvalue weighted by Crippen LogP contribution is 2.70. The maximum atomic E-state index is 13.3. The van der Waals surface area contributed by atoms with E-state index in [2.05, 4.69) is 6.92 Å². The largest absolute Gasteiger partial charge is 0.497 e. The molecule has 8 heteroatoms. The first-order valence-electron chi connectivity index (χ1n) is 13.6. The molecule has 2 N–H and O–H groups in total. The fourth-order valence-electron chi connectivity index (χ4n) is 6.41. The first kappa shape index (κ1) is 27.8. The van der Waals surface area contributed by atoms with Crippen LogP contribution in [0.3, 0.4) is 0 Å². The summed E-state index contributed by atoms with van der Waals surface area (Å²) in [6, 6.07) is 19.8. The lowest BCUT2D eigenvalue weighted by atomic mass is 9.70. The third kappa shape index (κ3) is 4.09. The summed E-state index contributed by atoms with van der Waals surface area (Å²) in [5.74, 6) is -0.905. The van der Waals surface area contributed by atoms with E-state index in [0.29, 0.717) is 35.0 Å². The Morgan fingerprint density at radius 3 is 2.30 bits per heavy atom. The summed E-state index contributed by atoms with van der Waals surface area (Å²) < 4.78 is 29.2. The number of carbonyl (C=O) groups excluding carboxylic acids is 1. The van der Waals surface area contributed by atoms with Crippen LogP contribution in [0.25, 0.3) is 0 Å². The van der Waals surface area contributed by atoms with E-state index >= 15 is 0 Å². The number of esters is 1. The summed E-state index contributed by atoms with van der Waals surface area (Å²) in [6.07, 6.45) is 1.40. The van der Waals surface area contributed by atoms with Crippen molar-refractivity contribution in [3.05, 3.63) is 83.4 Å². The first-order valence-corrected chi connectivity index (χ1v) is 13.6. The Morgan fingerprint density at radius 2 is 1.68 bits per heavy atom. The Kier molecular flexibility index (Phi) is 7.66. The van der Waals surface area contributed by atoms with Crippen LogP contribution in [-0.2, 0) is 20.7 Å². The SMILES string of the molecule is CCCCCOc1cc(OC)c2c(c1)O[C@]1(c3ccc(OC)cc3)[C@@H](c3ccccc3)C(C(=O)OC)[C@H](O)[C@]21O. The zero-order chi connectivity index (χ0) is 28.5. The predicted octanol–water partition coefficient (Wildman–Crippen LogP) is 4.70. The molecule has 0 bridgehead atoms. The number of fused-ring (bicyclic) bond motifs is 3. The minimum Gasteiger partial charge on any atom is -0.497 e. The summed E-state index contributed by atoms with van der Waals surface area (Å²) in [6.45, 7) is 2.64. The van der Waals surface area contributed by atoms with E-state index in [4.69, 9.17) is 23.7 Å². The fourth-order valence-corrected chi connectivity index (χ4v) is 6.41. The van der Waals surface area contributed by atoms with E-state index in [1.54, 1.807) is 43.5 Å². The van der Waals surface area contributed by atoms with Gasteiger partial charge in [-0.25, -0.2) is 0 Å². The Balaban J connectivity index is 1.76. The van der Waals surface area contributed by atoms with Crippen molar-refractivity contribution in [2.24, 2.45) is 5.92 Å². The van der Waals surface area contributed by atoms with Crippen LogP contribution in [0.5, 0.6) is 23.0 Å². The lowest BCUT2D eigenvalue weighted by molar-refractivity contribution is -0.161. The maximum absolute atomic E-state index is 13.3. The van der Waals surface area contributed by atoms with Crippen LogP contribution in [0.15, 0.2) is 66.7 Å². The summed E-state index contributed by atoms with van der Waals surface area (Å²) in [4.78, 5) is 13.3. The molecule has 40 heavy (non-hydrogen) atoms. The second kappa shape index (κ2) is 11.0. The van der Waals surface area contributed by atoms with E-state index in [1.165, 1.54) is 14.2 Å². The molecular formula is C32H36O8. The number of carbonyl (C=O) groups is 1. The molecule has 1 fully saturated rings. The van der Waals surface area contributed by atoms with Gasteiger partial charge in [-0.2, -0.15) is 0 Å². The van der Waals surface area contributed by atoms with E-state index in [1.807, 2.05) is 30.3 Å². The monoisotopic (exact) mass is 548 g/mol. The molecule has 0 spiro atoms. The molecule has 3 aromatic carbocycles. The molecule has 1 aliphatic heterocycles. The van der Waals surface area contributed by atoms with Crippen LogP contribution in [0, 0.1) is 5.92 Å². The number of hydrogen-bond donors (Lipinski definition) is 2. The molecule has 5 rings (SSSR count). The first-order chi connectivity index (χ1) is 19.4. The summed E-state index contributed by atoms with van der Waals surface area (Å²) >= 11 is 0. The maximum Gasteiger partial charge on any atom is 0.312 e. The molecule has 1 aliphatic carbocycles. The van der Waals surface area contributed by atoms with Gasteiger partial charge in [0.05, 0.1) is 39.4 Å². The number of methoxy groups -OCH3 is 3. The molecule has 1 unspecified atom stereocenters. The number of unbranched alkanes of at least 4 members (excludes halogenated alkanes) is 2.